The standard InChI is InChI=1S/C12H15ClN4O3/c1-20-8-4-9(11(14)18)17(6-8)12(19)16-10-3-2-7(13)5-15-10/h2-3,5,8-9H,4,6H2,1H3,(H2,14,18)(H,15,16,19). The highest BCUT2D eigenvalue weighted by molar-refractivity contribution is 6.30. The van der Waals surface area contributed by atoms with E-state index in [1.165, 1.54) is 18.2 Å². The lowest BCUT2D eigenvalue weighted by Crippen LogP contribution is -2.45. The number of hydrogen-bond donors (Lipinski definition) is 2. The van der Waals surface area contributed by atoms with Crippen molar-refractivity contribution in [3.05, 3.63) is 23.4 Å². The number of ether oxygens (including phenoxy) is 1. The van der Waals surface area contributed by atoms with Crippen molar-refractivity contribution in [3.8, 4) is 0 Å². The number of aromatic nitrogens is 1. The van der Waals surface area contributed by atoms with E-state index in [0.717, 1.165) is 0 Å². The van der Waals surface area contributed by atoms with Crippen LogP contribution in [0.25, 0.3) is 0 Å². The molecule has 0 spiro atoms. The molecule has 1 fully saturated rings. The summed E-state index contributed by atoms with van der Waals surface area (Å²) < 4.78 is 5.18. The number of pyridine rings is 1. The molecule has 108 valence electrons. The monoisotopic (exact) mass is 298 g/mol. The molecular formula is C12H15ClN4O3. The lowest BCUT2D eigenvalue weighted by Gasteiger charge is -2.21. The number of hydrogen-bond acceptors (Lipinski definition) is 4. The van der Waals surface area contributed by atoms with Gasteiger partial charge in [0.15, 0.2) is 0 Å². The minimum Gasteiger partial charge on any atom is -0.380 e. The van der Waals surface area contributed by atoms with Crippen LogP contribution >= 0.6 is 11.6 Å². The second-order valence-electron chi connectivity index (χ2n) is 4.46. The van der Waals surface area contributed by atoms with Gasteiger partial charge in [0.25, 0.3) is 0 Å². The number of halogens is 1. The number of nitrogens with zero attached hydrogens (tertiary/aromatic N) is 2. The number of methoxy groups -OCH3 is 1. The Labute approximate surface area is 121 Å². The first kappa shape index (κ1) is 14.5. The molecule has 0 aliphatic carbocycles. The zero-order chi connectivity index (χ0) is 14.7. The Balaban J connectivity index is 2.07. The summed E-state index contributed by atoms with van der Waals surface area (Å²) in [5.41, 5.74) is 5.31. The van der Waals surface area contributed by atoms with Gasteiger partial charge in [0.1, 0.15) is 11.9 Å². The van der Waals surface area contributed by atoms with Crippen LogP contribution in [-0.2, 0) is 9.53 Å². The van der Waals surface area contributed by atoms with Gasteiger partial charge in [0.2, 0.25) is 5.91 Å². The summed E-state index contributed by atoms with van der Waals surface area (Å²) in [6.07, 6.45) is 1.62. The number of carbonyl (C=O) groups excluding carboxylic acids is 2. The van der Waals surface area contributed by atoms with Crippen molar-refractivity contribution >= 4 is 29.4 Å². The Bertz CT molecular complexity index is 508. The van der Waals surface area contributed by atoms with E-state index < -0.39 is 18.0 Å². The van der Waals surface area contributed by atoms with Gasteiger partial charge in [-0.25, -0.2) is 9.78 Å². The Kier molecular flexibility index (Phi) is 4.41. The summed E-state index contributed by atoms with van der Waals surface area (Å²) >= 11 is 5.71. The largest absolute Gasteiger partial charge is 0.380 e. The van der Waals surface area contributed by atoms with Crippen LogP contribution in [0.3, 0.4) is 0 Å². The number of urea groups is 1. The van der Waals surface area contributed by atoms with Gasteiger partial charge in [-0.1, -0.05) is 11.6 Å². The summed E-state index contributed by atoms with van der Waals surface area (Å²) in [6, 6.07) is 2.07. The van der Waals surface area contributed by atoms with Gasteiger partial charge in [0.05, 0.1) is 11.1 Å². The molecule has 20 heavy (non-hydrogen) atoms. The van der Waals surface area contributed by atoms with Gasteiger partial charge in [-0.3, -0.25) is 10.1 Å². The van der Waals surface area contributed by atoms with Crippen LogP contribution in [0.1, 0.15) is 6.42 Å². The maximum atomic E-state index is 12.2. The van der Waals surface area contributed by atoms with Crippen molar-refractivity contribution < 1.29 is 14.3 Å². The summed E-state index contributed by atoms with van der Waals surface area (Å²) in [7, 11) is 1.53. The maximum Gasteiger partial charge on any atom is 0.323 e. The number of nitrogens with one attached hydrogen (secondary N) is 1. The highest BCUT2D eigenvalue weighted by Gasteiger charge is 2.38. The number of nitrogens with two attached hydrogens (primary N) is 1. The number of rotatable bonds is 3. The predicted octanol–water partition coefficient (Wildman–Crippen LogP) is 0.841. The van der Waals surface area contributed by atoms with E-state index in [2.05, 4.69) is 10.3 Å². The van der Waals surface area contributed by atoms with Crippen molar-refractivity contribution in [2.75, 3.05) is 19.0 Å². The average molecular weight is 299 g/mol. The highest BCUT2D eigenvalue weighted by Crippen LogP contribution is 2.21. The van der Waals surface area contributed by atoms with E-state index in [-0.39, 0.29) is 6.10 Å². The molecule has 1 aliphatic heterocycles. The van der Waals surface area contributed by atoms with Crippen LogP contribution in [0.5, 0.6) is 0 Å². The zero-order valence-electron chi connectivity index (χ0n) is 10.9. The van der Waals surface area contributed by atoms with Gasteiger partial charge in [-0.05, 0) is 12.1 Å². The van der Waals surface area contributed by atoms with E-state index in [4.69, 9.17) is 22.1 Å². The molecular weight excluding hydrogens is 284 g/mol. The van der Waals surface area contributed by atoms with Crippen LogP contribution in [0.2, 0.25) is 5.02 Å². The topological polar surface area (TPSA) is 97.5 Å². The molecule has 3 amide bonds. The fourth-order valence-corrected chi connectivity index (χ4v) is 2.21. The Morgan fingerprint density at radius 3 is 2.85 bits per heavy atom. The van der Waals surface area contributed by atoms with Gasteiger partial charge in [-0.15, -0.1) is 0 Å². The van der Waals surface area contributed by atoms with E-state index in [9.17, 15) is 9.59 Å². The van der Waals surface area contributed by atoms with E-state index in [1.54, 1.807) is 12.1 Å². The van der Waals surface area contributed by atoms with Gasteiger partial charge in [-0.2, -0.15) is 0 Å². The molecule has 8 heteroatoms. The van der Waals surface area contributed by atoms with Crippen molar-refractivity contribution in [2.45, 2.75) is 18.6 Å². The quantitative estimate of drug-likeness (QED) is 0.864. The molecule has 0 saturated carbocycles. The molecule has 3 N–H and O–H groups in total. The number of amides is 3. The smallest absolute Gasteiger partial charge is 0.323 e. The fraction of sp³-hybridized carbons (Fsp3) is 0.417. The van der Waals surface area contributed by atoms with Gasteiger partial charge in [0, 0.05) is 26.3 Å². The molecule has 1 aromatic rings. The normalized spacial score (nSPS) is 21.8. The van der Waals surface area contributed by atoms with Crippen molar-refractivity contribution in [2.24, 2.45) is 5.73 Å². The molecule has 2 unspecified atom stereocenters. The zero-order valence-corrected chi connectivity index (χ0v) is 11.6. The highest BCUT2D eigenvalue weighted by atomic mass is 35.5. The number of anilines is 1. The maximum absolute atomic E-state index is 12.2. The minimum absolute atomic E-state index is 0.198. The molecule has 2 heterocycles. The van der Waals surface area contributed by atoms with Gasteiger partial charge >= 0.3 is 6.03 Å². The lowest BCUT2D eigenvalue weighted by molar-refractivity contribution is -0.121. The van der Waals surface area contributed by atoms with E-state index in [0.29, 0.717) is 23.8 Å². The number of primary amides is 1. The molecule has 1 saturated heterocycles. The molecule has 0 radical (unpaired) electrons. The minimum atomic E-state index is -0.674. The lowest BCUT2D eigenvalue weighted by atomic mass is 10.2. The van der Waals surface area contributed by atoms with Crippen molar-refractivity contribution in [1.29, 1.82) is 0 Å². The summed E-state index contributed by atoms with van der Waals surface area (Å²) in [6.45, 7) is 0.309. The van der Waals surface area contributed by atoms with Crippen LogP contribution in [-0.4, -0.2) is 47.6 Å². The first-order valence-electron chi connectivity index (χ1n) is 6.02. The fourth-order valence-electron chi connectivity index (χ4n) is 2.09. The Morgan fingerprint density at radius 1 is 1.55 bits per heavy atom. The summed E-state index contributed by atoms with van der Waals surface area (Å²) in [5.74, 6) is -0.202. The SMILES string of the molecule is COC1CC(C(N)=O)N(C(=O)Nc2ccc(Cl)cn2)C1. The molecule has 7 nitrogen and oxygen atoms in total. The second kappa shape index (κ2) is 6.06. The predicted molar refractivity (Wildman–Crippen MR) is 73.4 cm³/mol. The molecule has 0 aromatic carbocycles. The van der Waals surface area contributed by atoms with Crippen molar-refractivity contribution in [3.63, 3.8) is 0 Å². The molecule has 2 atom stereocenters. The third-order valence-corrected chi connectivity index (χ3v) is 3.37. The molecule has 0 bridgehead atoms. The van der Waals surface area contributed by atoms with Crippen LogP contribution < -0.4 is 11.1 Å². The van der Waals surface area contributed by atoms with Gasteiger partial charge < -0.3 is 15.4 Å². The second-order valence-corrected chi connectivity index (χ2v) is 4.89. The van der Waals surface area contributed by atoms with Crippen LogP contribution in [0.4, 0.5) is 10.6 Å². The van der Waals surface area contributed by atoms with E-state index in [1.807, 2.05) is 0 Å². The first-order chi connectivity index (χ1) is 9.51. The average Bonchev–Trinajstić information content (AvgIpc) is 2.86. The number of carbonyl (C=O) groups is 2. The third kappa shape index (κ3) is 3.17. The molecule has 1 aliphatic rings. The van der Waals surface area contributed by atoms with Crippen molar-refractivity contribution in [1.82, 2.24) is 9.88 Å². The summed E-state index contributed by atoms with van der Waals surface area (Å²) in [4.78, 5) is 28.9. The molecule has 2 rings (SSSR count). The first-order valence-corrected chi connectivity index (χ1v) is 6.40. The van der Waals surface area contributed by atoms with E-state index >= 15 is 0 Å². The number of likely N-dealkylation sites (tertiary alicyclic amines) is 1. The Hall–Kier alpha value is -1.86. The molecule has 1 aromatic heterocycles. The van der Waals surface area contributed by atoms with Crippen LogP contribution in [0, 0.1) is 0 Å². The Morgan fingerprint density at radius 2 is 2.30 bits per heavy atom. The van der Waals surface area contributed by atoms with Crippen LogP contribution in [0.15, 0.2) is 18.3 Å². The summed E-state index contributed by atoms with van der Waals surface area (Å²) in [5, 5.41) is 3.07. The third-order valence-electron chi connectivity index (χ3n) is 3.15.